The van der Waals surface area contributed by atoms with E-state index < -0.39 is 0 Å². The van der Waals surface area contributed by atoms with Gasteiger partial charge in [0.25, 0.3) is 0 Å². The Hall–Kier alpha value is -0.120. The summed E-state index contributed by atoms with van der Waals surface area (Å²) in [5.41, 5.74) is 0. The number of hydrogen-bond donors (Lipinski definition) is 2. The van der Waals surface area contributed by atoms with Crippen LogP contribution in [0.2, 0.25) is 0 Å². The zero-order chi connectivity index (χ0) is 9.80. The molecule has 2 N–H and O–H groups in total. The number of ether oxygens (including phenoxy) is 1. The van der Waals surface area contributed by atoms with Gasteiger partial charge in [0.1, 0.15) is 0 Å². The Morgan fingerprint density at radius 3 is 2.57 bits per heavy atom. The zero-order valence-corrected chi connectivity index (χ0v) is 8.74. The van der Waals surface area contributed by atoms with Crippen molar-refractivity contribution < 1.29 is 9.84 Å². The smallest absolute Gasteiger partial charge is 0.0585 e. The van der Waals surface area contributed by atoms with Crippen molar-refractivity contribution in [3.63, 3.8) is 0 Å². The maximum absolute atomic E-state index is 9.12. The largest absolute Gasteiger partial charge is 0.395 e. The Bertz CT molecular complexity index is 167. The van der Waals surface area contributed by atoms with Crippen LogP contribution in [-0.4, -0.2) is 36.5 Å². The SMILES string of the molecule is OCC(CCOC1CCC1)NC1CC1. The lowest BCUT2D eigenvalue weighted by molar-refractivity contribution is -0.00375. The summed E-state index contributed by atoms with van der Waals surface area (Å²) in [4.78, 5) is 0. The summed E-state index contributed by atoms with van der Waals surface area (Å²) < 4.78 is 5.66. The molecule has 2 saturated carbocycles. The Morgan fingerprint density at radius 2 is 2.07 bits per heavy atom. The second-order valence-electron chi connectivity index (χ2n) is 4.53. The Balaban J connectivity index is 1.51. The molecule has 0 bridgehead atoms. The number of aliphatic hydroxyl groups is 1. The molecule has 0 spiro atoms. The van der Waals surface area contributed by atoms with Crippen LogP contribution in [0.15, 0.2) is 0 Å². The minimum atomic E-state index is 0.241. The van der Waals surface area contributed by atoms with Gasteiger partial charge in [0.05, 0.1) is 12.7 Å². The van der Waals surface area contributed by atoms with Crippen molar-refractivity contribution in [3.05, 3.63) is 0 Å². The molecule has 0 aromatic heterocycles. The topological polar surface area (TPSA) is 41.5 Å². The highest BCUT2D eigenvalue weighted by Gasteiger charge is 2.24. The molecule has 0 aromatic rings. The van der Waals surface area contributed by atoms with Crippen LogP contribution in [0, 0.1) is 0 Å². The predicted molar refractivity (Wildman–Crippen MR) is 55.2 cm³/mol. The second kappa shape index (κ2) is 5.10. The van der Waals surface area contributed by atoms with Gasteiger partial charge in [-0.3, -0.25) is 0 Å². The monoisotopic (exact) mass is 199 g/mol. The molecule has 0 amide bonds. The van der Waals surface area contributed by atoms with Crippen molar-refractivity contribution in [2.45, 2.75) is 56.7 Å². The van der Waals surface area contributed by atoms with E-state index >= 15 is 0 Å². The van der Waals surface area contributed by atoms with Crippen LogP contribution in [0.1, 0.15) is 38.5 Å². The molecule has 1 atom stereocenters. The molecule has 3 heteroatoms. The lowest BCUT2D eigenvalue weighted by atomic mass is 9.96. The highest BCUT2D eigenvalue weighted by atomic mass is 16.5. The van der Waals surface area contributed by atoms with E-state index in [9.17, 15) is 0 Å². The number of nitrogens with one attached hydrogen (secondary N) is 1. The van der Waals surface area contributed by atoms with Crippen molar-refractivity contribution in [2.24, 2.45) is 0 Å². The molecular weight excluding hydrogens is 178 g/mol. The lowest BCUT2D eigenvalue weighted by Gasteiger charge is -2.26. The van der Waals surface area contributed by atoms with Gasteiger partial charge in [-0.05, 0) is 38.5 Å². The number of rotatable bonds is 7. The average Bonchev–Trinajstić information content (AvgIpc) is 2.90. The van der Waals surface area contributed by atoms with Crippen LogP contribution in [-0.2, 0) is 4.74 Å². The maximum atomic E-state index is 9.12. The van der Waals surface area contributed by atoms with Crippen LogP contribution in [0.4, 0.5) is 0 Å². The van der Waals surface area contributed by atoms with Gasteiger partial charge in [-0.25, -0.2) is 0 Å². The number of hydrogen-bond acceptors (Lipinski definition) is 3. The highest BCUT2D eigenvalue weighted by molar-refractivity contribution is 4.84. The van der Waals surface area contributed by atoms with Crippen LogP contribution >= 0.6 is 0 Å². The molecule has 0 saturated heterocycles. The van der Waals surface area contributed by atoms with Gasteiger partial charge in [0.2, 0.25) is 0 Å². The summed E-state index contributed by atoms with van der Waals surface area (Å²) >= 11 is 0. The standard InChI is InChI=1S/C11H21NO2/c13-8-10(12-9-4-5-9)6-7-14-11-2-1-3-11/h9-13H,1-8H2. The van der Waals surface area contributed by atoms with Crippen molar-refractivity contribution in [1.82, 2.24) is 5.32 Å². The molecule has 0 aromatic carbocycles. The minimum absolute atomic E-state index is 0.241. The summed E-state index contributed by atoms with van der Waals surface area (Å²) in [6.07, 6.45) is 7.83. The highest BCUT2D eigenvalue weighted by Crippen LogP contribution is 2.22. The molecule has 14 heavy (non-hydrogen) atoms. The van der Waals surface area contributed by atoms with E-state index in [-0.39, 0.29) is 12.6 Å². The molecule has 2 aliphatic carbocycles. The first kappa shape index (κ1) is 10.4. The third-order valence-electron chi connectivity index (χ3n) is 3.14. The molecule has 3 nitrogen and oxygen atoms in total. The zero-order valence-electron chi connectivity index (χ0n) is 8.74. The minimum Gasteiger partial charge on any atom is -0.395 e. The maximum Gasteiger partial charge on any atom is 0.0585 e. The molecule has 2 fully saturated rings. The molecule has 82 valence electrons. The Morgan fingerprint density at radius 1 is 1.29 bits per heavy atom. The Kier molecular flexibility index (Phi) is 3.79. The molecule has 0 aliphatic heterocycles. The van der Waals surface area contributed by atoms with E-state index in [1.54, 1.807) is 0 Å². The van der Waals surface area contributed by atoms with Crippen molar-refractivity contribution in [3.8, 4) is 0 Å². The molecule has 2 aliphatic rings. The lowest BCUT2D eigenvalue weighted by Crippen LogP contribution is -2.36. The van der Waals surface area contributed by atoms with Gasteiger partial charge in [0, 0.05) is 18.7 Å². The van der Waals surface area contributed by atoms with Crippen LogP contribution in [0.3, 0.4) is 0 Å². The first-order chi connectivity index (χ1) is 6.88. The molecule has 0 heterocycles. The summed E-state index contributed by atoms with van der Waals surface area (Å²) in [6, 6.07) is 0.929. The van der Waals surface area contributed by atoms with E-state index in [4.69, 9.17) is 9.84 Å². The summed E-state index contributed by atoms with van der Waals surface area (Å²) in [6.45, 7) is 1.04. The van der Waals surface area contributed by atoms with E-state index in [1.165, 1.54) is 32.1 Å². The molecular formula is C11H21NO2. The fourth-order valence-corrected chi connectivity index (χ4v) is 1.73. The van der Waals surface area contributed by atoms with E-state index in [2.05, 4.69) is 5.32 Å². The van der Waals surface area contributed by atoms with Crippen LogP contribution in [0.5, 0.6) is 0 Å². The summed E-state index contributed by atoms with van der Waals surface area (Å²) in [5, 5.41) is 12.5. The van der Waals surface area contributed by atoms with Gasteiger partial charge >= 0.3 is 0 Å². The van der Waals surface area contributed by atoms with Gasteiger partial charge in [0.15, 0.2) is 0 Å². The fourth-order valence-electron chi connectivity index (χ4n) is 1.73. The second-order valence-corrected chi connectivity index (χ2v) is 4.53. The molecule has 2 rings (SSSR count). The van der Waals surface area contributed by atoms with Gasteiger partial charge in [-0.15, -0.1) is 0 Å². The van der Waals surface area contributed by atoms with Gasteiger partial charge in [-0.1, -0.05) is 0 Å². The van der Waals surface area contributed by atoms with Crippen molar-refractivity contribution in [2.75, 3.05) is 13.2 Å². The van der Waals surface area contributed by atoms with Gasteiger partial charge in [-0.2, -0.15) is 0 Å². The van der Waals surface area contributed by atoms with Crippen LogP contribution in [0.25, 0.3) is 0 Å². The fraction of sp³-hybridized carbons (Fsp3) is 1.00. The van der Waals surface area contributed by atoms with E-state index in [0.717, 1.165) is 13.0 Å². The average molecular weight is 199 g/mol. The van der Waals surface area contributed by atoms with Crippen molar-refractivity contribution >= 4 is 0 Å². The van der Waals surface area contributed by atoms with Crippen LogP contribution < -0.4 is 5.32 Å². The quantitative estimate of drug-likeness (QED) is 0.644. The third-order valence-corrected chi connectivity index (χ3v) is 3.14. The first-order valence-electron chi connectivity index (χ1n) is 5.87. The van der Waals surface area contributed by atoms with E-state index in [1.807, 2.05) is 0 Å². The molecule has 1 unspecified atom stereocenters. The van der Waals surface area contributed by atoms with E-state index in [0.29, 0.717) is 12.1 Å². The Labute approximate surface area is 85.8 Å². The molecule has 0 radical (unpaired) electrons. The predicted octanol–water partition coefficient (Wildman–Crippen LogP) is 1.06. The normalized spacial score (nSPS) is 24.6. The van der Waals surface area contributed by atoms with Gasteiger partial charge < -0.3 is 15.2 Å². The summed E-state index contributed by atoms with van der Waals surface area (Å²) in [5.74, 6) is 0. The first-order valence-corrected chi connectivity index (χ1v) is 5.87. The third kappa shape index (κ3) is 3.23. The number of aliphatic hydroxyl groups excluding tert-OH is 1. The summed E-state index contributed by atoms with van der Waals surface area (Å²) in [7, 11) is 0. The van der Waals surface area contributed by atoms with Crippen molar-refractivity contribution in [1.29, 1.82) is 0 Å².